The second-order valence-electron chi connectivity index (χ2n) is 8.83. The Hall–Kier alpha value is -3.96. The Balaban J connectivity index is 1.45. The van der Waals surface area contributed by atoms with Crippen molar-refractivity contribution in [3.8, 4) is 5.69 Å². The Kier molecular flexibility index (Phi) is 9.73. The van der Waals surface area contributed by atoms with Gasteiger partial charge in [0, 0.05) is 21.4 Å². The molecule has 0 aliphatic rings. The van der Waals surface area contributed by atoms with Gasteiger partial charge in [-0.3, -0.25) is 14.2 Å². The number of esters is 1. The van der Waals surface area contributed by atoms with Gasteiger partial charge in [-0.15, -0.1) is 10.2 Å². The van der Waals surface area contributed by atoms with Crippen LogP contribution in [0.25, 0.3) is 5.69 Å². The number of ether oxygens (including phenoxy) is 1. The topological polar surface area (TPSA) is 115 Å². The summed E-state index contributed by atoms with van der Waals surface area (Å²) in [5.41, 5.74) is 4.49. The molecule has 0 spiro atoms. The third-order valence-corrected chi connectivity index (χ3v) is 7.43. The molecule has 0 saturated heterocycles. The lowest BCUT2D eigenvalue weighted by atomic mass is 10.1. The SMILES string of the molecule is CCOC(=O)c1ccc(NC(=O)CSc2nnc(CNC(=O)c3ccc(C)c(C)c3)n2-c2ccc(Br)cc2)cc1. The minimum Gasteiger partial charge on any atom is -0.462 e. The summed E-state index contributed by atoms with van der Waals surface area (Å²) in [6, 6.07) is 19.7. The zero-order chi connectivity index (χ0) is 28.6. The Morgan fingerprint density at radius 2 is 1.62 bits per heavy atom. The summed E-state index contributed by atoms with van der Waals surface area (Å²) < 4.78 is 7.72. The van der Waals surface area contributed by atoms with Crippen LogP contribution in [0.4, 0.5) is 5.69 Å². The summed E-state index contributed by atoms with van der Waals surface area (Å²) in [6.07, 6.45) is 0. The first-order chi connectivity index (χ1) is 19.2. The Labute approximate surface area is 244 Å². The molecule has 2 amide bonds. The van der Waals surface area contributed by atoms with Crippen LogP contribution in [0.5, 0.6) is 0 Å². The molecule has 0 unspecified atom stereocenters. The maximum Gasteiger partial charge on any atom is 0.338 e. The summed E-state index contributed by atoms with van der Waals surface area (Å²) in [5, 5.41) is 14.9. The quantitative estimate of drug-likeness (QED) is 0.178. The number of amides is 2. The second-order valence-corrected chi connectivity index (χ2v) is 10.7. The monoisotopic (exact) mass is 621 g/mol. The highest BCUT2D eigenvalue weighted by Crippen LogP contribution is 2.24. The number of halogens is 1. The first kappa shape index (κ1) is 29.0. The van der Waals surface area contributed by atoms with Crippen LogP contribution in [0, 0.1) is 13.8 Å². The van der Waals surface area contributed by atoms with E-state index in [0.717, 1.165) is 21.3 Å². The molecule has 0 saturated carbocycles. The van der Waals surface area contributed by atoms with Crippen LogP contribution in [0.2, 0.25) is 0 Å². The molecular formula is C29H28BrN5O4S. The normalized spacial score (nSPS) is 10.7. The molecule has 1 heterocycles. The van der Waals surface area contributed by atoms with E-state index in [1.54, 1.807) is 37.3 Å². The fraction of sp³-hybridized carbons (Fsp3) is 0.207. The van der Waals surface area contributed by atoms with Crippen LogP contribution < -0.4 is 10.6 Å². The molecule has 40 heavy (non-hydrogen) atoms. The van der Waals surface area contributed by atoms with Gasteiger partial charge in [0.25, 0.3) is 5.91 Å². The predicted molar refractivity (Wildman–Crippen MR) is 158 cm³/mol. The molecule has 0 aliphatic heterocycles. The van der Waals surface area contributed by atoms with Crippen molar-refractivity contribution >= 4 is 51.2 Å². The van der Waals surface area contributed by atoms with Crippen molar-refractivity contribution < 1.29 is 19.1 Å². The summed E-state index contributed by atoms with van der Waals surface area (Å²) in [4.78, 5) is 37.3. The van der Waals surface area contributed by atoms with Crippen molar-refractivity contribution in [2.24, 2.45) is 0 Å². The van der Waals surface area contributed by atoms with Gasteiger partial charge in [-0.05, 0) is 92.6 Å². The molecule has 206 valence electrons. The summed E-state index contributed by atoms with van der Waals surface area (Å²) >= 11 is 4.67. The lowest BCUT2D eigenvalue weighted by Crippen LogP contribution is -2.24. The average Bonchev–Trinajstić information content (AvgIpc) is 3.35. The molecule has 4 rings (SSSR count). The van der Waals surface area contributed by atoms with E-state index < -0.39 is 5.97 Å². The molecule has 11 heteroatoms. The van der Waals surface area contributed by atoms with E-state index >= 15 is 0 Å². The molecule has 3 aromatic carbocycles. The van der Waals surface area contributed by atoms with Crippen LogP contribution in [0.1, 0.15) is 44.6 Å². The van der Waals surface area contributed by atoms with Crippen LogP contribution in [-0.4, -0.2) is 44.9 Å². The van der Waals surface area contributed by atoms with Gasteiger partial charge in [0.1, 0.15) is 0 Å². The number of carbonyl (C=O) groups excluding carboxylic acids is 3. The van der Waals surface area contributed by atoms with Crippen molar-refractivity contribution in [3.63, 3.8) is 0 Å². The van der Waals surface area contributed by atoms with Crippen LogP contribution in [-0.2, 0) is 16.1 Å². The number of hydrogen-bond donors (Lipinski definition) is 2. The number of nitrogens with one attached hydrogen (secondary N) is 2. The molecule has 0 bridgehead atoms. The fourth-order valence-corrected chi connectivity index (χ4v) is 4.77. The minimum atomic E-state index is -0.413. The third-order valence-electron chi connectivity index (χ3n) is 5.97. The molecule has 0 fully saturated rings. The van der Waals surface area contributed by atoms with E-state index in [-0.39, 0.29) is 24.1 Å². The molecular weight excluding hydrogens is 594 g/mol. The van der Waals surface area contributed by atoms with Crippen LogP contribution in [0.3, 0.4) is 0 Å². The lowest BCUT2D eigenvalue weighted by molar-refractivity contribution is -0.113. The minimum absolute atomic E-state index is 0.0727. The van der Waals surface area contributed by atoms with Crippen molar-refractivity contribution in [2.75, 3.05) is 17.7 Å². The summed E-state index contributed by atoms with van der Waals surface area (Å²) in [7, 11) is 0. The first-order valence-electron chi connectivity index (χ1n) is 12.5. The molecule has 1 aromatic heterocycles. The maximum absolute atomic E-state index is 12.8. The number of benzene rings is 3. The van der Waals surface area contributed by atoms with Crippen molar-refractivity contribution in [1.82, 2.24) is 20.1 Å². The largest absolute Gasteiger partial charge is 0.462 e. The molecule has 9 nitrogen and oxygen atoms in total. The summed E-state index contributed by atoms with van der Waals surface area (Å²) in [5.74, 6) is -0.274. The second kappa shape index (κ2) is 13.4. The third kappa shape index (κ3) is 7.36. The Morgan fingerprint density at radius 3 is 2.30 bits per heavy atom. The Morgan fingerprint density at radius 1 is 0.925 bits per heavy atom. The van der Waals surface area contributed by atoms with E-state index in [2.05, 4.69) is 36.8 Å². The van der Waals surface area contributed by atoms with Gasteiger partial charge in [-0.1, -0.05) is 33.8 Å². The van der Waals surface area contributed by atoms with E-state index in [0.29, 0.717) is 34.4 Å². The van der Waals surface area contributed by atoms with Crippen LogP contribution in [0.15, 0.2) is 76.4 Å². The fourth-order valence-electron chi connectivity index (χ4n) is 3.73. The van der Waals surface area contributed by atoms with Crippen molar-refractivity contribution in [1.29, 1.82) is 0 Å². The maximum atomic E-state index is 12.8. The predicted octanol–water partition coefficient (Wildman–Crippen LogP) is 5.48. The number of thioether (sulfide) groups is 1. The molecule has 2 N–H and O–H groups in total. The van der Waals surface area contributed by atoms with E-state index in [9.17, 15) is 14.4 Å². The Bertz CT molecular complexity index is 1520. The van der Waals surface area contributed by atoms with E-state index in [1.165, 1.54) is 11.8 Å². The average molecular weight is 623 g/mol. The number of aryl methyl sites for hydroxylation is 2. The van der Waals surface area contributed by atoms with Gasteiger partial charge in [0.15, 0.2) is 11.0 Å². The van der Waals surface area contributed by atoms with Crippen molar-refractivity contribution in [3.05, 3.63) is 99.3 Å². The highest BCUT2D eigenvalue weighted by atomic mass is 79.9. The molecule has 4 aromatic rings. The van der Waals surface area contributed by atoms with Crippen molar-refractivity contribution in [2.45, 2.75) is 32.5 Å². The standard InChI is InChI=1S/C29H28BrN5O4S/c1-4-39-28(38)20-7-11-23(12-8-20)32-26(36)17-40-29-34-33-25(35(29)24-13-9-22(30)10-14-24)16-31-27(37)21-6-5-18(2)19(3)15-21/h5-15H,4,16-17H2,1-3H3,(H,31,37)(H,32,36). The van der Waals surface area contributed by atoms with Gasteiger partial charge in [0.05, 0.1) is 24.5 Å². The van der Waals surface area contributed by atoms with Gasteiger partial charge in [0.2, 0.25) is 5.91 Å². The van der Waals surface area contributed by atoms with Gasteiger partial charge < -0.3 is 15.4 Å². The number of nitrogens with zero attached hydrogens (tertiary/aromatic N) is 3. The number of rotatable bonds is 10. The number of hydrogen-bond acceptors (Lipinski definition) is 7. The van der Waals surface area contributed by atoms with Gasteiger partial charge in [-0.25, -0.2) is 4.79 Å². The highest BCUT2D eigenvalue weighted by Gasteiger charge is 2.18. The molecule has 0 atom stereocenters. The molecule has 0 aliphatic carbocycles. The van der Waals surface area contributed by atoms with Gasteiger partial charge >= 0.3 is 5.97 Å². The van der Waals surface area contributed by atoms with Gasteiger partial charge in [-0.2, -0.15) is 0 Å². The van der Waals surface area contributed by atoms with E-state index in [1.807, 2.05) is 54.8 Å². The number of aromatic nitrogens is 3. The zero-order valence-electron chi connectivity index (χ0n) is 22.2. The van der Waals surface area contributed by atoms with E-state index in [4.69, 9.17) is 4.74 Å². The highest BCUT2D eigenvalue weighted by molar-refractivity contribution is 9.10. The zero-order valence-corrected chi connectivity index (χ0v) is 24.6. The number of anilines is 1. The van der Waals surface area contributed by atoms with Crippen LogP contribution >= 0.6 is 27.7 Å². The summed E-state index contributed by atoms with van der Waals surface area (Å²) in [6.45, 7) is 6.15. The molecule has 0 radical (unpaired) electrons. The smallest absolute Gasteiger partial charge is 0.338 e. The lowest BCUT2D eigenvalue weighted by Gasteiger charge is -2.12. The number of carbonyl (C=O) groups is 3. The first-order valence-corrected chi connectivity index (χ1v) is 14.3.